The Morgan fingerprint density at radius 2 is 1.72 bits per heavy atom. The van der Waals surface area contributed by atoms with Gasteiger partial charge in [0.1, 0.15) is 17.1 Å². The lowest BCUT2D eigenvalue weighted by atomic mass is 10.1. The number of esters is 1. The molecule has 2 heterocycles. The van der Waals surface area contributed by atoms with Crippen LogP contribution in [0.3, 0.4) is 0 Å². The number of rotatable bonds is 7. The maximum absolute atomic E-state index is 13.5. The summed E-state index contributed by atoms with van der Waals surface area (Å²) in [5, 5.41) is 2.24. The first-order valence-corrected chi connectivity index (χ1v) is 11.0. The number of methoxy groups -OCH3 is 1. The number of hydrogen-bond donors (Lipinski definition) is 0. The molecule has 0 fully saturated rings. The first-order valence-electron chi connectivity index (χ1n) is 10.1. The van der Waals surface area contributed by atoms with Gasteiger partial charge >= 0.3 is 11.7 Å². The molecule has 0 spiro atoms. The zero-order valence-corrected chi connectivity index (χ0v) is 18.6. The number of thiophene rings is 1. The van der Waals surface area contributed by atoms with Gasteiger partial charge in [0, 0.05) is 10.9 Å². The summed E-state index contributed by atoms with van der Waals surface area (Å²) in [5.74, 6) is 0.175. The van der Waals surface area contributed by atoms with Gasteiger partial charge in [-0.15, -0.1) is 11.3 Å². The van der Waals surface area contributed by atoms with Gasteiger partial charge in [-0.3, -0.25) is 18.7 Å². The number of fused-ring (bicyclic) bond motifs is 1. The third-order valence-corrected chi connectivity index (χ3v) is 6.12. The summed E-state index contributed by atoms with van der Waals surface area (Å²) in [4.78, 5) is 39.5. The van der Waals surface area contributed by atoms with E-state index in [-0.39, 0.29) is 25.3 Å². The molecule has 0 aliphatic carbocycles. The Kier molecular flexibility index (Phi) is 6.23. The molecule has 0 atom stereocenters. The second kappa shape index (κ2) is 9.23. The molecule has 2 aromatic heterocycles. The van der Waals surface area contributed by atoms with Crippen LogP contribution < -0.4 is 16.0 Å². The van der Waals surface area contributed by atoms with E-state index in [0.29, 0.717) is 21.5 Å². The van der Waals surface area contributed by atoms with Crippen molar-refractivity contribution in [3.8, 4) is 16.9 Å². The summed E-state index contributed by atoms with van der Waals surface area (Å²) in [6.45, 7) is 1.76. The van der Waals surface area contributed by atoms with Gasteiger partial charge in [-0.25, -0.2) is 4.79 Å². The number of aromatic nitrogens is 2. The molecule has 0 unspecified atom stereocenters. The molecule has 0 aliphatic heterocycles. The van der Waals surface area contributed by atoms with Crippen LogP contribution in [0.2, 0.25) is 0 Å². The van der Waals surface area contributed by atoms with E-state index in [9.17, 15) is 14.4 Å². The number of carbonyl (C=O) groups is 1. The standard InChI is InChI=1S/C24H22N2O5S/c1-3-31-20(27)14-26-23-21(19(15-32-23)17-9-11-18(30-2)12-10-17)22(28)25(24(26)29)13-16-7-5-4-6-8-16/h4-12,15H,3,13-14H2,1-2H3. The van der Waals surface area contributed by atoms with Crippen molar-refractivity contribution in [2.75, 3.05) is 13.7 Å². The lowest BCUT2D eigenvalue weighted by molar-refractivity contribution is -0.143. The van der Waals surface area contributed by atoms with Crippen LogP contribution in [-0.2, 0) is 22.6 Å². The molecule has 0 saturated heterocycles. The van der Waals surface area contributed by atoms with Crippen LogP contribution >= 0.6 is 11.3 Å². The summed E-state index contributed by atoms with van der Waals surface area (Å²) in [5.41, 5.74) is 1.41. The average Bonchev–Trinajstić information content (AvgIpc) is 3.26. The topological polar surface area (TPSA) is 79.5 Å². The van der Waals surface area contributed by atoms with Crippen molar-refractivity contribution in [1.29, 1.82) is 0 Å². The minimum Gasteiger partial charge on any atom is -0.497 e. The number of nitrogens with zero attached hydrogens (tertiary/aromatic N) is 2. The highest BCUT2D eigenvalue weighted by Crippen LogP contribution is 2.32. The minimum atomic E-state index is -0.539. The summed E-state index contributed by atoms with van der Waals surface area (Å²) in [6.07, 6.45) is 0. The second-order valence-electron chi connectivity index (χ2n) is 7.11. The Labute approximate surface area is 188 Å². The largest absolute Gasteiger partial charge is 0.497 e. The predicted molar refractivity (Wildman–Crippen MR) is 125 cm³/mol. The maximum atomic E-state index is 13.5. The van der Waals surface area contributed by atoms with Crippen LogP contribution in [0.4, 0.5) is 0 Å². The van der Waals surface area contributed by atoms with Crippen LogP contribution in [0.1, 0.15) is 12.5 Å². The molecule has 4 rings (SSSR count). The summed E-state index contributed by atoms with van der Waals surface area (Å²) >= 11 is 1.26. The molecule has 2 aromatic carbocycles. The fraction of sp³-hybridized carbons (Fsp3) is 0.208. The molecule has 32 heavy (non-hydrogen) atoms. The molecule has 4 aromatic rings. The van der Waals surface area contributed by atoms with E-state index in [1.165, 1.54) is 20.5 Å². The number of carbonyl (C=O) groups excluding carboxylic acids is 1. The summed E-state index contributed by atoms with van der Waals surface area (Å²) < 4.78 is 12.8. The normalized spacial score (nSPS) is 10.9. The van der Waals surface area contributed by atoms with Crippen molar-refractivity contribution in [1.82, 2.24) is 9.13 Å². The molecule has 0 amide bonds. The van der Waals surface area contributed by atoms with Crippen molar-refractivity contribution >= 4 is 27.5 Å². The fourth-order valence-electron chi connectivity index (χ4n) is 3.57. The molecule has 0 N–H and O–H groups in total. The van der Waals surface area contributed by atoms with Crippen molar-refractivity contribution in [2.24, 2.45) is 0 Å². The van der Waals surface area contributed by atoms with Crippen LogP contribution in [0, 0.1) is 0 Å². The number of benzene rings is 2. The molecule has 0 aliphatic rings. The molecule has 8 heteroatoms. The fourth-order valence-corrected chi connectivity index (χ4v) is 4.64. The van der Waals surface area contributed by atoms with Crippen molar-refractivity contribution in [3.63, 3.8) is 0 Å². The number of hydrogen-bond acceptors (Lipinski definition) is 6. The highest BCUT2D eigenvalue weighted by molar-refractivity contribution is 7.17. The van der Waals surface area contributed by atoms with Crippen molar-refractivity contribution in [3.05, 3.63) is 86.4 Å². The third-order valence-electron chi connectivity index (χ3n) is 5.11. The van der Waals surface area contributed by atoms with Crippen LogP contribution in [0.25, 0.3) is 21.3 Å². The second-order valence-corrected chi connectivity index (χ2v) is 7.97. The van der Waals surface area contributed by atoms with Crippen LogP contribution in [0.5, 0.6) is 5.75 Å². The number of ether oxygens (including phenoxy) is 2. The van der Waals surface area contributed by atoms with E-state index in [1.807, 2.05) is 60.0 Å². The van der Waals surface area contributed by atoms with Gasteiger partial charge in [-0.05, 0) is 30.2 Å². The zero-order valence-electron chi connectivity index (χ0n) is 17.7. The molecule has 164 valence electrons. The smallest absolute Gasteiger partial charge is 0.332 e. The SMILES string of the molecule is CCOC(=O)Cn1c(=O)n(Cc2ccccc2)c(=O)c2c(-c3ccc(OC)cc3)csc21. The molecule has 0 radical (unpaired) electrons. The first kappa shape index (κ1) is 21.6. The van der Waals surface area contributed by atoms with E-state index >= 15 is 0 Å². The highest BCUT2D eigenvalue weighted by atomic mass is 32.1. The van der Waals surface area contributed by atoms with Crippen LogP contribution in [-0.4, -0.2) is 28.8 Å². The monoisotopic (exact) mass is 450 g/mol. The Balaban J connectivity index is 1.94. The van der Waals surface area contributed by atoms with Gasteiger partial charge in [0.2, 0.25) is 0 Å². The summed E-state index contributed by atoms with van der Waals surface area (Å²) in [6, 6.07) is 16.6. The lowest BCUT2D eigenvalue weighted by Gasteiger charge is -2.12. The van der Waals surface area contributed by atoms with Gasteiger partial charge in [-0.2, -0.15) is 0 Å². The molecule has 0 saturated carbocycles. The van der Waals surface area contributed by atoms with E-state index in [1.54, 1.807) is 14.0 Å². The quantitative estimate of drug-likeness (QED) is 0.403. The lowest BCUT2D eigenvalue weighted by Crippen LogP contribution is -2.41. The van der Waals surface area contributed by atoms with Gasteiger partial charge in [-0.1, -0.05) is 42.5 Å². The Bertz CT molecular complexity index is 1370. The Morgan fingerprint density at radius 3 is 2.38 bits per heavy atom. The maximum Gasteiger partial charge on any atom is 0.332 e. The predicted octanol–water partition coefficient (Wildman–Crippen LogP) is 3.51. The van der Waals surface area contributed by atoms with Gasteiger partial charge in [0.05, 0.1) is 25.6 Å². The minimum absolute atomic E-state index is 0.106. The van der Waals surface area contributed by atoms with E-state index in [2.05, 4.69) is 0 Å². The summed E-state index contributed by atoms with van der Waals surface area (Å²) in [7, 11) is 1.59. The first-order chi connectivity index (χ1) is 15.5. The zero-order chi connectivity index (χ0) is 22.7. The molecular formula is C24H22N2O5S. The highest BCUT2D eigenvalue weighted by Gasteiger charge is 2.21. The van der Waals surface area contributed by atoms with E-state index < -0.39 is 11.7 Å². The molecule has 0 bridgehead atoms. The van der Waals surface area contributed by atoms with E-state index in [4.69, 9.17) is 9.47 Å². The van der Waals surface area contributed by atoms with Gasteiger partial charge < -0.3 is 9.47 Å². The van der Waals surface area contributed by atoms with Crippen molar-refractivity contribution < 1.29 is 14.3 Å². The Hall–Kier alpha value is -3.65. The van der Waals surface area contributed by atoms with Gasteiger partial charge in [0.25, 0.3) is 5.56 Å². The molecular weight excluding hydrogens is 428 g/mol. The van der Waals surface area contributed by atoms with Gasteiger partial charge in [0.15, 0.2) is 0 Å². The average molecular weight is 451 g/mol. The van der Waals surface area contributed by atoms with E-state index in [0.717, 1.165) is 11.1 Å². The molecule has 7 nitrogen and oxygen atoms in total. The Morgan fingerprint density at radius 1 is 1.00 bits per heavy atom. The van der Waals surface area contributed by atoms with Crippen molar-refractivity contribution in [2.45, 2.75) is 20.0 Å². The van der Waals surface area contributed by atoms with Crippen LogP contribution in [0.15, 0.2) is 69.6 Å². The third kappa shape index (κ3) is 4.09.